The monoisotopic (exact) mass is 199 g/mol. The second kappa shape index (κ2) is 6.41. The Morgan fingerprint density at radius 1 is 1.29 bits per heavy atom. The molecule has 0 aromatic carbocycles. The van der Waals surface area contributed by atoms with Crippen molar-refractivity contribution in [3.63, 3.8) is 0 Å². The molecule has 0 aromatic rings. The van der Waals surface area contributed by atoms with Crippen LogP contribution in [0.3, 0.4) is 0 Å². The van der Waals surface area contributed by atoms with Crippen molar-refractivity contribution in [2.75, 3.05) is 26.8 Å². The average molecular weight is 199 g/mol. The normalized spacial score (nSPS) is 21.4. The van der Waals surface area contributed by atoms with Gasteiger partial charge in [0.1, 0.15) is 0 Å². The van der Waals surface area contributed by atoms with Gasteiger partial charge in [0.15, 0.2) is 0 Å². The molecule has 1 saturated heterocycles. The molecule has 0 saturated carbocycles. The first kappa shape index (κ1) is 12.0. The van der Waals surface area contributed by atoms with E-state index in [4.69, 9.17) is 4.74 Å². The Kier molecular flexibility index (Phi) is 5.49. The third kappa shape index (κ3) is 3.58. The summed E-state index contributed by atoms with van der Waals surface area (Å²) < 4.78 is 5.20. The van der Waals surface area contributed by atoms with E-state index >= 15 is 0 Å². The van der Waals surface area contributed by atoms with Crippen LogP contribution in [0.1, 0.15) is 33.1 Å². The fourth-order valence-electron chi connectivity index (χ4n) is 2.64. The van der Waals surface area contributed by atoms with Crippen LogP contribution in [0, 0.1) is 17.8 Å². The quantitative estimate of drug-likeness (QED) is 0.733. The van der Waals surface area contributed by atoms with E-state index in [0.717, 1.165) is 24.4 Å². The van der Waals surface area contributed by atoms with Crippen LogP contribution < -0.4 is 5.32 Å². The van der Waals surface area contributed by atoms with Crippen LogP contribution in [-0.4, -0.2) is 26.8 Å². The molecule has 1 atom stereocenters. The number of hydrogen-bond acceptors (Lipinski definition) is 2. The first-order valence-electron chi connectivity index (χ1n) is 5.95. The summed E-state index contributed by atoms with van der Waals surface area (Å²) in [7, 11) is 1.81. The van der Waals surface area contributed by atoms with Crippen LogP contribution >= 0.6 is 0 Å². The molecule has 1 heterocycles. The zero-order valence-electron chi connectivity index (χ0n) is 9.88. The van der Waals surface area contributed by atoms with E-state index in [0.29, 0.717) is 0 Å². The summed E-state index contributed by atoms with van der Waals surface area (Å²) in [6.07, 6.45) is 3.94. The van der Waals surface area contributed by atoms with Gasteiger partial charge in [-0.05, 0) is 50.1 Å². The molecule has 0 aliphatic carbocycles. The third-order valence-corrected chi connectivity index (χ3v) is 3.50. The summed E-state index contributed by atoms with van der Waals surface area (Å²) in [5.41, 5.74) is 0. The van der Waals surface area contributed by atoms with Crippen LogP contribution in [0.15, 0.2) is 0 Å². The number of hydrogen-bond donors (Lipinski definition) is 1. The van der Waals surface area contributed by atoms with Crippen LogP contribution in [-0.2, 0) is 4.74 Å². The Morgan fingerprint density at radius 2 is 1.93 bits per heavy atom. The highest BCUT2D eigenvalue weighted by Crippen LogP contribution is 2.30. The second-order valence-corrected chi connectivity index (χ2v) is 4.78. The van der Waals surface area contributed by atoms with Crippen molar-refractivity contribution in [3.05, 3.63) is 0 Å². The number of methoxy groups -OCH3 is 1. The Bertz CT molecular complexity index is 141. The van der Waals surface area contributed by atoms with Gasteiger partial charge in [-0.3, -0.25) is 0 Å². The third-order valence-electron chi connectivity index (χ3n) is 3.50. The summed E-state index contributed by atoms with van der Waals surface area (Å²) in [5, 5.41) is 3.43. The van der Waals surface area contributed by atoms with Crippen molar-refractivity contribution < 1.29 is 4.74 Å². The van der Waals surface area contributed by atoms with E-state index in [1.807, 2.05) is 0 Å². The van der Waals surface area contributed by atoms with E-state index in [1.54, 1.807) is 7.11 Å². The van der Waals surface area contributed by atoms with Crippen molar-refractivity contribution in [1.82, 2.24) is 5.32 Å². The van der Waals surface area contributed by atoms with Crippen molar-refractivity contribution >= 4 is 0 Å². The maximum absolute atomic E-state index is 5.20. The molecule has 1 fully saturated rings. The van der Waals surface area contributed by atoms with Crippen molar-refractivity contribution in [1.29, 1.82) is 0 Å². The van der Waals surface area contributed by atoms with Crippen LogP contribution in [0.4, 0.5) is 0 Å². The molecule has 1 N–H and O–H groups in total. The largest absolute Gasteiger partial charge is 0.385 e. The van der Waals surface area contributed by atoms with Gasteiger partial charge >= 0.3 is 0 Å². The number of piperidine rings is 1. The van der Waals surface area contributed by atoms with Gasteiger partial charge in [-0.1, -0.05) is 13.8 Å². The van der Waals surface area contributed by atoms with Crippen LogP contribution in [0.25, 0.3) is 0 Å². The van der Waals surface area contributed by atoms with Gasteiger partial charge in [0, 0.05) is 13.7 Å². The Labute approximate surface area is 88.4 Å². The molecule has 84 valence electrons. The van der Waals surface area contributed by atoms with E-state index in [9.17, 15) is 0 Å². The number of nitrogens with one attached hydrogen (secondary N) is 1. The minimum atomic E-state index is 0.799. The highest BCUT2D eigenvalue weighted by atomic mass is 16.5. The van der Waals surface area contributed by atoms with E-state index in [1.165, 1.54) is 32.4 Å². The van der Waals surface area contributed by atoms with E-state index < -0.39 is 0 Å². The van der Waals surface area contributed by atoms with E-state index in [-0.39, 0.29) is 0 Å². The summed E-state index contributed by atoms with van der Waals surface area (Å²) in [6, 6.07) is 0. The maximum Gasteiger partial charge on any atom is 0.0465 e. The molecule has 0 radical (unpaired) electrons. The fraction of sp³-hybridized carbons (Fsp3) is 1.00. The molecular formula is C12H25NO. The fourth-order valence-corrected chi connectivity index (χ4v) is 2.64. The lowest BCUT2D eigenvalue weighted by Gasteiger charge is -2.33. The number of rotatable bonds is 5. The van der Waals surface area contributed by atoms with Gasteiger partial charge in [-0.15, -0.1) is 0 Å². The van der Waals surface area contributed by atoms with Gasteiger partial charge < -0.3 is 10.1 Å². The molecule has 1 rings (SSSR count). The summed E-state index contributed by atoms with van der Waals surface area (Å²) in [4.78, 5) is 0. The Balaban J connectivity index is 2.39. The molecule has 2 nitrogen and oxygen atoms in total. The highest BCUT2D eigenvalue weighted by molar-refractivity contribution is 4.77. The average Bonchev–Trinajstić information content (AvgIpc) is 2.19. The van der Waals surface area contributed by atoms with Gasteiger partial charge in [0.25, 0.3) is 0 Å². The molecule has 1 unspecified atom stereocenters. The minimum Gasteiger partial charge on any atom is -0.385 e. The molecule has 0 bridgehead atoms. The molecule has 2 heteroatoms. The predicted octanol–water partition coefficient (Wildman–Crippen LogP) is 2.29. The predicted molar refractivity (Wildman–Crippen MR) is 60.4 cm³/mol. The van der Waals surface area contributed by atoms with Crippen molar-refractivity contribution in [2.45, 2.75) is 33.1 Å². The van der Waals surface area contributed by atoms with Crippen LogP contribution in [0.2, 0.25) is 0 Å². The van der Waals surface area contributed by atoms with Crippen LogP contribution in [0.5, 0.6) is 0 Å². The molecule has 1 aliphatic rings. The van der Waals surface area contributed by atoms with Gasteiger partial charge in [0.2, 0.25) is 0 Å². The summed E-state index contributed by atoms with van der Waals surface area (Å²) in [6.45, 7) is 8.04. The SMILES string of the molecule is COCCC(C(C)C)C1CCNCC1. The lowest BCUT2D eigenvalue weighted by atomic mass is 9.77. The van der Waals surface area contributed by atoms with Gasteiger partial charge in [-0.25, -0.2) is 0 Å². The smallest absolute Gasteiger partial charge is 0.0465 e. The Hall–Kier alpha value is -0.0800. The zero-order valence-corrected chi connectivity index (χ0v) is 9.88. The molecule has 0 amide bonds. The standard InChI is InChI=1S/C12H25NO/c1-10(2)12(6-9-14-3)11-4-7-13-8-5-11/h10-13H,4-9H2,1-3H3. The summed E-state index contributed by atoms with van der Waals surface area (Å²) in [5.74, 6) is 2.58. The number of ether oxygens (including phenoxy) is 1. The first-order valence-corrected chi connectivity index (χ1v) is 5.95. The van der Waals surface area contributed by atoms with E-state index in [2.05, 4.69) is 19.2 Å². The molecular weight excluding hydrogens is 174 g/mol. The second-order valence-electron chi connectivity index (χ2n) is 4.78. The van der Waals surface area contributed by atoms with Gasteiger partial charge in [-0.2, -0.15) is 0 Å². The van der Waals surface area contributed by atoms with Crippen molar-refractivity contribution in [2.24, 2.45) is 17.8 Å². The Morgan fingerprint density at radius 3 is 2.43 bits per heavy atom. The highest BCUT2D eigenvalue weighted by Gasteiger charge is 2.25. The molecule has 1 aliphatic heterocycles. The molecule has 14 heavy (non-hydrogen) atoms. The molecule has 0 spiro atoms. The first-order chi connectivity index (χ1) is 6.75. The summed E-state index contributed by atoms with van der Waals surface area (Å²) >= 11 is 0. The topological polar surface area (TPSA) is 21.3 Å². The minimum absolute atomic E-state index is 0.799. The lowest BCUT2D eigenvalue weighted by Crippen LogP contribution is -2.33. The maximum atomic E-state index is 5.20. The van der Waals surface area contributed by atoms with Crippen molar-refractivity contribution in [3.8, 4) is 0 Å². The lowest BCUT2D eigenvalue weighted by molar-refractivity contribution is 0.125. The molecule has 0 aromatic heterocycles. The zero-order chi connectivity index (χ0) is 10.4. The van der Waals surface area contributed by atoms with Gasteiger partial charge in [0.05, 0.1) is 0 Å².